The highest BCUT2D eigenvalue weighted by atomic mass is 32.1. The molecule has 5 heteroatoms. The maximum atomic E-state index is 10.6. The molecule has 0 radical (unpaired) electrons. The number of nitrogens with zero attached hydrogens (tertiary/aromatic N) is 1. The summed E-state index contributed by atoms with van der Waals surface area (Å²) < 4.78 is 4.67. The molecule has 1 aromatic heterocycles. The zero-order valence-corrected chi connectivity index (χ0v) is 7.86. The summed E-state index contributed by atoms with van der Waals surface area (Å²) in [5.74, 6) is -1.24. The Labute approximate surface area is 83.6 Å². The molecule has 1 heterocycles. The van der Waals surface area contributed by atoms with Crippen LogP contribution in [0.4, 0.5) is 0 Å². The van der Waals surface area contributed by atoms with Crippen molar-refractivity contribution < 1.29 is 15.0 Å². The summed E-state index contributed by atoms with van der Waals surface area (Å²) in [6.45, 7) is 0. The Balaban J connectivity index is 2.61. The smallest absolute Gasteiger partial charge is 0.337 e. The van der Waals surface area contributed by atoms with Crippen molar-refractivity contribution in [1.29, 1.82) is 0 Å². The molecule has 72 valence electrons. The second kappa shape index (κ2) is 3.36. The van der Waals surface area contributed by atoms with Crippen molar-refractivity contribution in [3.8, 4) is 0 Å². The quantitative estimate of drug-likeness (QED) is 0.784. The van der Waals surface area contributed by atoms with E-state index in [0.29, 0.717) is 5.56 Å². The minimum absolute atomic E-state index is 0.400. The number of rotatable bonds is 2. The third-order valence-electron chi connectivity index (χ3n) is 1.94. The molecule has 1 unspecified atom stereocenters. The summed E-state index contributed by atoms with van der Waals surface area (Å²) in [6, 6.07) is 5.13. The molecule has 1 aromatic carbocycles. The molecular formula is C9H7NO3S. The molecule has 0 amide bonds. The number of aliphatic hydroxyl groups is 1. The largest absolute Gasteiger partial charge is 0.479 e. The molecule has 0 aliphatic rings. The monoisotopic (exact) mass is 209 g/mol. The van der Waals surface area contributed by atoms with E-state index in [2.05, 4.69) is 4.37 Å². The molecule has 0 aliphatic heterocycles. The second-order valence-electron chi connectivity index (χ2n) is 2.83. The van der Waals surface area contributed by atoms with Crippen LogP contribution < -0.4 is 0 Å². The summed E-state index contributed by atoms with van der Waals surface area (Å²) in [5, 5.41) is 18.9. The lowest BCUT2D eigenvalue weighted by Crippen LogP contribution is -2.10. The number of carbonyl (C=O) groups is 1. The van der Waals surface area contributed by atoms with E-state index in [1.54, 1.807) is 18.3 Å². The molecule has 0 saturated carbocycles. The molecular weight excluding hydrogens is 202 g/mol. The number of aliphatic carboxylic acids is 1. The average Bonchev–Trinajstić information content (AvgIpc) is 2.63. The van der Waals surface area contributed by atoms with Gasteiger partial charge in [0.2, 0.25) is 0 Å². The first-order valence-corrected chi connectivity index (χ1v) is 4.71. The van der Waals surface area contributed by atoms with E-state index in [0.717, 1.165) is 10.1 Å². The van der Waals surface area contributed by atoms with Gasteiger partial charge in [-0.05, 0) is 11.5 Å². The van der Waals surface area contributed by atoms with Gasteiger partial charge < -0.3 is 10.2 Å². The topological polar surface area (TPSA) is 70.4 Å². The van der Waals surface area contributed by atoms with Crippen LogP contribution in [0.1, 0.15) is 11.7 Å². The number of hydrogen-bond donors (Lipinski definition) is 2. The van der Waals surface area contributed by atoms with Crippen LogP contribution in [0, 0.1) is 0 Å². The number of aliphatic hydroxyl groups excluding tert-OH is 1. The van der Waals surface area contributed by atoms with Crippen LogP contribution in [-0.2, 0) is 4.79 Å². The first-order valence-electron chi connectivity index (χ1n) is 3.94. The standard InChI is InChI=1S/C9H7NO3S/c11-7(9(12)13)6-3-1-2-5-4-10-14-8(5)6/h1-4,7,11H,(H,12,13). The molecule has 0 bridgehead atoms. The van der Waals surface area contributed by atoms with Crippen LogP contribution in [0.5, 0.6) is 0 Å². The predicted molar refractivity (Wildman–Crippen MR) is 52.2 cm³/mol. The van der Waals surface area contributed by atoms with Crippen LogP contribution in [0.3, 0.4) is 0 Å². The average molecular weight is 209 g/mol. The SMILES string of the molecule is O=C(O)C(O)c1cccc2cnsc12. The van der Waals surface area contributed by atoms with Gasteiger partial charge in [0.15, 0.2) is 6.10 Å². The minimum Gasteiger partial charge on any atom is -0.479 e. The van der Waals surface area contributed by atoms with Crippen molar-refractivity contribution in [2.24, 2.45) is 0 Å². The molecule has 14 heavy (non-hydrogen) atoms. The van der Waals surface area contributed by atoms with Gasteiger partial charge in [-0.15, -0.1) is 0 Å². The highest BCUT2D eigenvalue weighted by Gasteiger charge is 2.18. The third kappa shape index (κ3) is 1.36. The Bertz CT molecular complexity index is 480. The van der Waals surface area contributed by atoms with Crippen molar-refractivity contribution in [2.45, 2.75) is 6.10 Å². The second-order valence-corrected chi connectivity index (χ2v) is 3.63. The van der Waals surface area contributed by atoms with Crippen LogP contribution in [0.15, 0.2) is 24.4 Å². The van der Waals surface area contributed by atoms with Gasteiger partial charge in [0.05, 0.1) is 4.70 Å². The fourth-order valence-corrected chi connectivity index (χ4v) is 2.05. The van der Waals surface area contributed by atoms with Gasteiger partial charge in [0, 0.05) is 17.1 Å². The molecule has 1 atom stereocenters. The number of hydrogen-bond acceptors (Lipinski definition) is 4. The van der Waals surface area contributed by atoms with Crippen molar-refractivity contribution >= 4 is 27.6 Å². The summed E-state index contributed by atoms with van der Waals surface area (Å²) in [5.41, 5.74) is 0.400. The van der Waals surface area contributed by atoms with Crippen molar-refractivity contribution in [3.05, 3.63) is 30.0 Å². The lowest BCUT2D eigenvalue weighted by Gasteiger charge is -2.05. The van der Waals surface area contributed by atoms with E-state index >= 15 is 0 Å². The van der Waals surface area contributed by atoms with Gasteiger partial charge >= 0.3 is 5.97 Å². The zero-order chi connectivity index (χ0) is 10.1. The highest BCUT2D eigenvalue weighted by Crippen LogP contribution is 2.27. The normalized spacial score (nSPS) is 12.9. The Morgan fingerprint density at radius 1 is 1.50 bits per heavy atom. The highest BCUT2D eigenvalue weighted by molar-refractivity contribution is 7.13. The first kappa shape index (κ1) is 9.11. The number of carboxylic acids is 1. The van der Waals surface area contributed by atoms with E-state index in [9.17, 15) is 9.90 Å². The van der Waals surface area contributed by atoms with Crippen molar-refractivity contribution in [1.82, 2.24) is 4.37 Å². The number of benzene rings is 1. The maximum Gasteiger partial charge on any atom is 0.337 e. The van der Waals surface area contributed by atoms with Gasteiger partial charge in [-0.2, -0.15) is 4.37 Å². The predicted octanol–water partition coefficient (Wildman–Crippen LogP) is 1.41. The molecule has 0 spiro atoms. The fraction of sp³-hybridized carbons (Fsp3) is 0.111. The van der Waals surface area contributed by atoms with Crippen molar-refractivity contribution in [3.63, 3.8) is 0 Å². The van der Waals surface area contributed by atoms with Crippen LogP contribution >= 0.6 is 11.5 Å². The molecule has 4 nitrogen and oxygen atoms in total. The summed E-state index contributed by atoms with van der Waals surface area (Å²) in [4.78, 5) is 10.6. The molecule has 2 aromatic rings. The number of aromatic nitrogens is 1. The van der Waals surface area contributed by atoms with Crippen LogP contribution in [0.2, 0.25) is 0 Å². The van der Waals surface area contributed by atoms with E-state index in [1.165, 1.54) is 11.5 Å². The maximum absolute atomic E-state index is 10.6. The Kier molecular flexibility index (Phi) is 2.18. The van der Waals surface area contributed by atoms with Crippen LogP contribution in [-0.4, -0.2) is 20.6 Å². The summed E-state index contributed by atoms with van der Waals surface area (Å²) in [6.07, 6.45) is 0.178. The number of carboxylic acid groups (broad SMARTS) is 1. The molecule has 0 aliphatic carbocycles. The Morgan fingerprint density at radius 3 is 3.00 bits per heavy atom. The summed E-state index contributed by atoms with van der Waals surface area (Å²) in [7, 11) is 0. The van der Waals surface area contributed by atoms with E-state index < -0.39 is 12.1 Å². The zero-order valence-electron chi connectivity index (χ0n) is 7.04. The molecule has 2 N–H and O–H groups in total. The van der Waals surface area contributed by atoms with Crippen molar-refractivity contribution in [2.75, 3.05) is 0 Å². The molecule has 0 fully saturated rings. The Hall–Kier alpha value is -1.46. The van der Waals surface area contributed by atoms with Gasteiger partial charge in [-0.1, -0.05) is 18.2 Å². The summed E-state index contributed by atoms with van der Waals surface area (Å²) >= 11 is 1.19. The van der Waals surface area contributed by atoms with Crippen LogP contribution in [0.25, 0.3) is 10.1 Å². The van der Waals surface area contributed by atoms with E-state index in [-0.39, 0.29) is 0 Å². The van der Waals surface area contributed by atoms with E-state index in [1.807, 2.05) is 6.07 Å². The number of fused-ring (bicyclic) bond motifs is 1. The third-order valence-corrected chi connectivity index (χ3v) is 2.81. The molecule has 2 rings (SSSR count). The Morgan fingerprint density at radius 2 is 2.29 bits per heavy atom. The van der Waals surface area contributed by atoms with E-state index in [4.69, 9.17) is 5.11 Å². The lowest BCUT2D eigenvalue weighted by atomic mass is 10.1. The van der Waals surface area contributed by atoms with Gasteiger partial charge in [0.25, 0.3) is 0 Å². The minimum atomic E-state index is -1.47. The first-order chi connectivity index (χ1) is 6.70. The van der Waals surface area contributed by atoms with Gasteiger partial charge in [-0.3, -0.25) is 0 Å². The molecule has 0 saturated heterocycles. The lowest BCUT2D eigenvalue weighted by molar-refractivity contribution is -0.146. The van der Waals surface area contributed by atoms with Gasteiger partial charge in [-0.25, -0.2) is 4.79 Å². The van der Waals surface area contributed by atoms with Gasteiger partial charge in [0.1, 0.15) is 0 Å². The fourth-order valence-electron chi connectivity index (χ4n) is 1.26.